The van der Waals surface area contributed by atoms with Gasteiger partial charge in [-0.3, -0.25) is 0 Å². The van der Waals surface area contributed by atoms with Crippen molar-refractivity contribution in [1.29, 1.82) is 0 Å². The minimum Gasteiger partial charge on any atom is -0.491 e. The largest absolute Gasteiger partial charge is 0.491 e. The third-order valence-corrected chi connectivity index (χ3v) is 4.97. The summed E-state index contributed by atoms with van der Waals surface area (Å²) in [5.74, 6) is -1.31. The molecule has 1 N–H and O–H groups in total. The highest BCUT2D eigenvalue weighted by Crippen LogP contribution is 2.37. The van der Waals surface area contributed by atoms with Gasteiger partial charge in [0, 0.05) is 24.9 Å². The van der Waals surface area contributed by atoms with Crippen molar-refractivity contribution in [2.45, 2.75) is 6.42 Å². The summed E-state index contributed by atoms with van der Waals surface area (Å²) in [6, 6.07) is 9.40. The standard InChI is InChI=1S/C22H15F2N3O4/c23-12-2-4-18-16(8-12)26-21(31-18)15-11-25-20(10-14(15)22(28)29)27-6-1-7-30-19-5-3-13(24)9-17(19)27/h2-5,8-11H,1,6-7H2,(H,28,29). The Kier molecular flexibility index (Phi) is 4.50. The average Bonchev–Trinajstić information content (AvgIpc) is 3.05. The number of fused-ring (bicyclic) bond motifs is 2. The predicted octanol–water partition coefficient (Wildman–Crippen LogP) is 4.79. The Morgan fingerprint density at radius 1 is 1.10 bits per heavy atom. The molecule has 0 aliphatic carbocycles. The van der Waals surface area contributed by atoms with Crippen molar-refractivity contribution in [3.05, 3.63) is 65.9 Å². The van der Waals surface area contributed by atoms with Gasteiger partial charge in [0.25, 0.3) is 0 Å². The van der Waals surface area contributed by atoms with E-state index in [1.54, 1.807) is 4.90 Å². The Morgan fingerprint density at radius 2 is 1.90 bits per heavy atom. The number of carbonyl (C=O) groups is 1. The van der Waals surface area contributed by atoms with Gasteiger partial charge >= 0.3 is 5.97 Å². The number of aromatic carboxylic acids is 1. The molecule has 0 amide bonds. The molecule has 31 heavy (non-hydrogen) atoms. The number of ether oxygens (including phenoxy) is 1. The molecule has 1 aliphatic heterocycles. The highest BCUT2D eigenvalue weighted by atomic mass is 19.1. The molecule has 1 aliphatic rings. The summed E-state index contributed by atoms with van der Waals surface area (Å²) in [7, 11) is 0. The van der Waals surface area contributed by atoms with Gasteiger partial charge in [0.2, 0.25) is 5.89 Å². The molecule has 2 aromatic carbocycles. The number of hydrogen-bond donors (Lipinski definition) is 1. The summed E-state index contributed by atoms with van der Waals surface area (Å²) in [4.78, 5) is 22.3. The molecule has 2 aromatic heterocycles. The highest BCUT2D eigenvalue weighted by Gasteiger charge is 2.24. The second-order valence-corrected chi connectivity index (χ2v) is 6.99. The second-order valence-electron chi connectivity index (χ2n) is 6.99. The van der Waals surface area contributed by atoms with Crippen molar-refractivity contribution < 1.29 is 27.8 Å². The van der Waals surface area contributed by atoms with Crippen LogP contribution in [0.1, 0.15) is 16.8 Å². The number of anilines is 2. The molecule has 4 aromatic rings. The Hall–Kier alpha value is -4.01. The average molecular weight is 423 g/mol. The Balaban J connectivity index is 1.62. The van der Waals surface area contributed by atoms with E-state index in [4.69, 9.17) is 9.15 Å². The van der Waals surface area contributed by atoms with Crippen LogP contribution in [0.15, 0.2) is 53.1 Å². The number of hydrogen-bond acceptors (Lipinski definition) is 6. The lowest BCUT2D eigenvalue weighted by molar-refractivity contribution is 0.0697. The molecule has 0 saturated heterocycles. The first kappa shape index (κ1) is 19.0. The summed E-state index contributed by atoms with van der Waals surface area (Å²) in [5.41, 5.74) is 1.11. The number of rotatable bonds is 3. The van der Waals surface area contributed by atoms with Gasteiger partial charge in [-0.05, 0) is 36.8 Å². The van der Waals surface area contributed by atoms with Crippen LogP contribution in [0.4, 0.5) is 20.3 Å². The zero-order valence-electron chi connectivity index (χ0n) is 16.0. The number of oxazole rings is 1. The molecule has 9 heteroatoms. The van der Waals surface area contributed by atoms with Gasteiger partial charge in [0.1, 0.15) is 28.7 Å². The smallest absolute Gasteiger partial charge is 0.336 e. The van der Waals surface area contributed by atoms with Gasteiger partial charge < -0.3 is 19.2 Å². The first-order valence-electron chi connectivity index (χ1n) is 9.49. The fraction of sp³-hybridized carbons (Fsp3) is 0.136. The molecule has 5 rings (SSSR count). The molecule has 0 bridgehead atoms. The predicted molar refractivity (Wildman–Crippen MR) is 108 cm³/mol. The lowest BCUT2D eigenvalue weighted by Crippen LogP contribution is -2.20. The van der Waals surface area contributed by atoms with Gasteiger partial charge in [-0.15, -0.1) is 0 Å². The fourth-order valence-corrected chi connectivity index (χ4v) is 3.54. The monoisotopic (exact) mass is 423 g/mol. The molecule has 3 heterocycles. The quantitative estimate of drug-likeness (QED) is 0.507. The van der Waals surface area contributed by atoms with E-state index < -0.39 is 17.6 Å². The molecule has 7 nitrogen and oxygen atoms in total. The zero-order chi connectivity index (χ0) is 21.5. The number of pyridine rings is 1. The third-order valence-electron chi connectivity index (χ3n) is 4.97. The lowest BCUT2D eigenvalue weighted by Gasteiger charge is -2.23. The van der Waals surface area contributed by atoms with Gasteiger partial charge in [-0.1, -0.05) is 0 Å². The van der Waals surface area contributed by atoms with E-state index in [9.17, 15) is 18.7 Å². The molecule has 0 radical (unpaired) electrons. The van der Waals surface area contributed by atoms with Crippen molar-refractivity contribution in [2.24, 2.45) is 0 Å². The van der Waals surface area contributed by atoms with Crippen molar-refractivity contribution in [3.8, 4) is 17.2 Å². The van der Waals surface area contributed by atoms with E-state index in [0.29, 0.717) is 42.4 Å². The van der Waals surface area contributed by atoms with Crippen LogP contribution >= 0.6 is 0 Å². The molecular formula is C22H15F2N3O4. The van der Waals surface area contributed by atoms with Crippen LogP contribution in [0.3, 0.4) is 0 Å². The molecular weight excluding hydrogens is 408 g/mol. The van der Waals surface area contributed by atoms with Crippen molar-refractivity contribution >= 4 is 28.6 Å². The van der Waals surface area contributed by atoms with Crippen molar-refractivity contribution in [2.75, 3.05) is 18.1 Å². The van der Waals surface area contributed by atoms with Crippen LogP contribution in [-0.4, -0.2) is 34.2 Å². The van der Waals surface area contributed by atoms with Crippen molar-refractivity contribution in [3.63, 3.8) is 0 Å². The summed E-state index contributed by atoms with van der Waals surface area (Å²) < 4.78 is 38.6. The molecule has 156 valence electrons. The normalized spacial score (nSPS) is 13.5. The Morgan fingerprint density at radius 3 is 2.74 bits per heavy atom. The second kappa shape index (κ2) is 7.35. The SMILES string of the molecule is O=C(O)c1cc(N2CCCOc3ccc(F)cc32)ncc1-c1nc2cc(F)ccc2o1. The van der Waals surface area contributed by atoms with Crippen molar-refractivity contribution in [1.82, 2.24) is 9.97 Å². The third kappa shape index (κ3) is 3.43. The Bertz CT molecular complexity index is 1320. The van der Waals surface area contributed by atoms with Gasteiger partial charge in [0.15, 0.2) is 5.58 Å². The number of nitrogens with zero attached hydrogens (tertiary/aromatic N) is 3. The summed E-state index contributed by atoms with van der Waals surface area (Å²) in [5, 5.41) is 9.80. The van der Waals surface area contributed by atoms with Gasteiger partial charge in [-0.25, -0.2) is 23.5 Å². The number of halogens is 2. The van der Waals surface area contributed by atoms with E-state index in [2.05, 4.69) is 9.97 Å². The van der Waals surface area contributed by atoms with Crippen LogP contribution in [-0.2, 0) is 0 Å². The summed E-state index contributed by atoms with van der Waals surface area (Å²) >= 11 is 0. The van der Waals surface area contributed by atoms with Gasteiger partial charge in [0.05, 0.1) is 23.4 Å². The van der Waals surface area contributed by atoms with E-state index >= 15 is 0 Å². The first-order chi connectivity index (χ1) is 15.0. The van der Waals surface area contributed by atoms with Crippen LogP contribution in [0.2, 0.25) is 0 Å². The number of carboxylic acid groups (broad SMARTS) is 1. The van der Waals surface area contributed by atoms with E-state index in [0.717, 1.165) is 0 Å². The minimum atomic E-state index is -1.21. The lowest BCUT2D eigenvalue weighted by atomic mass is 10.1. The van der Waals surface area contributed by atoms with Crippen LogP contribution in [0, 0.1) is 11.6 Å². The maximum atomic E-state index is 13.9. The maximum absolute atomic E-state index is 13.9. The fourth-order valence-electron chi connectivity index (χ4n) is 3.54. The van der Waals surface area contributed by atoms with Gasteiger partial charge in [-0.2, -0.15) is 0 Å². The zero-order valence-corrected chi connectivity index (χ0v) is 16.0. The summed E-state index contributed by atoms with van der Waals surface area (Å²) in [6.07, 6.45) is 1.98. The first-order valence-corrected chi connectivity index (χ1v) is 9.49. The van der Waals surface area contributed by atoms with E-state index in [-0.39, 0.29) is 22.5 Å². The number of aromatic nitrogens is 2. The summed E-state index contributed by atoms with van der Waals surface area (Å²) in [6.45, 7) is 0.905. The van der Waals surface area contributed by atoms with E-state index in [1.807, 2.05) is 0 Å². The molecule has 0 fully saturated rings. The number of benzene rings is 2. The number of carboxylic acids is 1. The Labute approximate surface area is 174 Å². The van der Waals surface area contributed by atoms with Crippen LogP contribution in [0.25, 0.3) is 22.6 Å². The molecule has 0 unspecified atom stereocenters. The van der Waals surface area contributed by atoms with E-state index in [1.165, 1.54) is 48.7 Å². The minimum absolute atomic E-state index is 0.0164. The topological polar surface area (TPSA) is 88.7 Å². The molecule has 0 saturated carbocycles. The highest BCUT2D eigenvalue weighted by molar-refractivity contribution is 5.96. The maximum Gasteiger partial charge on any atom is 0.336 e. The van der Waals surface area contributed by atoms with Crippen LogP contribution < -0.4 is 9.64 Å². The molecule has 0 spiro atoms. The van der Waals surface area contributed by atoms with Crippen LogP contribution in [0.5, 0.6) is 5.75 Å². The molecule has 0 atom stereocenters.